The molecule has 4 heterocycles. The van der Waals surface area contributed by atoms with Crippen LogP contribution >= 0.6 is 0 Å². The van der Waals surface area contributed by atoms with Gasteiger partial charge in [-0.3, -0.25) is 0 Å². The number of anilines is 1. The van der Waals surface area contributed by atoms with Crippen molar-refractivity contribution in [3.05, 3.63) is 54.3 Å². The van der Waals surface area contributed by atoms with Crippen LogP contribution < -0.4 is 9.64 Å². The molecule has 8 nitrogen and oxygen atoms in total. The maximum Gasteiger partial charge on any atom is 0.573 e. The van der Waals surface area contributed by atoms with Crippen molar-refractivity contribution in [2.24, 2.45) is 0 Å². The van der Waals surface area contributed by atoms with E-state index in [1.807, 2.05) is 19.1 Å². The van der Waals surface area contributed by atoms with Gasteiger partial charge in [0.1, 0.15) is 17.0 Å². The number of alkyl halides is 3. The summed E-state index contributed by atoms with van der Waals surface area (Å²) in [4.78, 5) is 13.0. The molecule has 0 unspecified atom stereocenters. The average Bonchev–Trinajstić information content (AvgIpc) is 3.42. The molecule has 33 heavy (non-hydrogen) atoms. The quantitative estimate of drug-likeness (QED) is 0.435. The van der Waals surface area contributed by atoms with E-state index < -0.39 is 6.36 Å². The predicted molar refractivity (Wildman–Crippen MR) is 113 cm³/mol. The van der Waals surface area contributed by atoms with Gasteiger partial charge in [-0.2, -0.15) is 10.2 Å². The van der Waals surface area contributed by atoms with E-state index in [0.29, 0.717) is 23.5 Å². The number of hydrogen-bond donors (Lipinski definition) is 0. The summed E-state index contributed by atoms with van der Waals surface area (Å²) in [5.41, 5.74) is 2.38. The predicted octanol–water partition coefficient (Wildman–Crippen LogP) is 4.78. The van der Waals surface area contributed by atoms with Crippen LogP contribution in [-0.2, 0) is 0 Å². The largest absolute Gasteiger partial charge is 0.573 e. The summed E-state index contributed by atoms with van der Waals surface area (Å²) in [6.45, 7) is 4.65. The van der Waals surface area contributed by atoms with Crippen molar-refractivity contribution >= 4 is 16.9 Å². The zero-order chi connectivity index (χ0) is 23.2. The summed E-state index contributed by atoms with van der Waals surface area (Å²) >= 11 is 0. The molecule has 1 fully saturated rings. The molecule has 11 heteroatoms. The monoisotopic (exact) mass is 458 g/mol. The number of ether oxygens (including phenoxy) is 1. The summed E-state index contributed by atoms with van der Waals surface area (Å²) in [6, 6.07) is 7.97. The smallest absolute Gasteiger partial charge is 0.440 e. The van der Waals surface area contributed by atoms with E-state index in [9.17, 15) is 13.2 Å². The SMILES string of the molecule is Cc1ccc(-n2nccn2)c(N2C[C@H](c3nc4cc(OC(F)(F)F)ccc4o3)CC[C@H]2C)n1. The second-order valence-corrected chi connectivity index (χ2v) is 8.12. The number of hydrogen-bond acceptors (Lipinski definition) is 7. The molecule has 0 aliphatic carbocycles. The number of pyridine rings is 1. The molecule has 172 valence electrons. The molecule has 3 aromatic heterocycles. The van der Waals surface area contributed by atoms with Crippen LogP contribution in [0.25, 0.3) is 16.8 Å². The van der Waals surface area contributed by atoms with E-state index in [0.717, 1.165) is 30.0 Å². The number of piperidine rings is 1. The van der Waals surface area contributed by atoms with Gasteiger partial charge in [0.25, 0.3) is 0 Å². The Morgan fingerprint density at radius 3 is 2.61 bits per heavy atom. The Labute approximate surface area is 187 Å². The van der Waals surface area contributed by atoms with Crippen molar-refractivity contribution in [2.75, 3.05) is 11.4 Å². The highest BCUT2D eigenvalue weighted by molar-refractivity contribution is 5.74. The minimum absolute atomic E-state index is 0.0543. The van der Waals surface area contributed by atoms with E-state index in [1.165, 1.54) is 18.2 Å². The van der Waals surface area contributed by atoms with E-state index in [1.54, 1.807) is 17.2 Å². The van der Waals surface area contributed by atoms with Crippen LogP contribution in [0.4, 0.5) is 19.0 Å². The van der Waals surface area contributed by atoms with Crippen molar-refractivity contribution in [3.8, 4) is 11.4 Å². The number of oxazole rings is 1. The lowest BCUT2D eigenvalue weighted by Crippen LogP contribution is -2.42. The van der Waals surface area contributed by atoms with Gasteiger partial charge in [0.05, 0.1) is 18.3 Å². The van der Waals surface area contributed by atoms with Crippen molar-refractivity contribution in [2.45, 2.75) is 45.0 Å². The maximum absolute atomic E-state index is 12.6. The van der Waals surface area contributed by atoms with Gasteiger partial charge in [-0.15, -0.1) is 18.0 Å². The van der Waals surface area contributed by atoms with Crippen LogP contribution in [0.1, 0.15) is 37.3 Å². The Morgan fingerprint density at radius 2 is 1.85 bits per heavy atom. The molecule has 1 aliphatic heterocycles. The van der Waals surface area contributed by atoms with Crippen molar-refractivity contribution in [1.29, 1.82) is 0 Å². The molecule has 5 rings (SSSR count). The highest BCUT2D eigenvalue weighted by atomic mass is 19.4. The first-order chi connectivity index (χ1) is 15.8. The fourth-order valence-electron chi connectivity index (χ4n) is 4.14. The number of aryl methyl sites for hydroxylation is 1. The summed E-state index contributed by atoms with van der Waals surface area (Å²) in [5.74, 6) is 0.869. The molecule has 0 amide bonds. The topological polar surface area (TPSA) is 82.1 Å². The first-order valence-corrected chi connectivity index (χ1v) is 10.5. The van der Waals surface area contributed by atoms with Gasteiger partial charge in [0.2, 0.25) is 0 Å². The number of benzene rings is 1. The van der Waals surface area contributed by atoms with Crippen LogP contribution in [-0.4, -0.2) is 43.9 Å². The van der Waals surface area contributed by atoms with Gasteiger partial charge in [-0.05, 0) is 51.0 Å². The fraction of sp³-hybridized carbons (Fsp3) is 0.364. The summed E-state index contributed by atoms with van der Waals surface area (Å²) in [7, 11) is 0. The van der Waals surface area contributed by atoms with Gasteiger partial charge in [0, 0.05) is 24.3 Å². The van der Waals surface area contributed by atoms with Crippen molar-refractivity contribution in [3.63, 3.8) is 0 Å². The summed E-state index contributed by atoms with van der Waals surface area (Å²) < 4.78 is 47.6. The molecule has 0 saturated carbocycles. The van der Waals surface area contributed by atoms with Gasteiger partial charge in [-0.25, -0.2) is 9.97 Å². The van der Waals surface area contributed by atoms with Gasteiger partial charge < -0.3 is 14.1 Å². The Kier molecular flexibility index (Phi) is 5.18. The lowest BCUT2D eigenvalue weighted by Gasteiger charge is -2.38. The minimum atomic E-state index is -4.76. The minimum Gasteiger partial charge on any atom is -0.440 e. The molecular weight excluding hydrogens is 437 g/mol. The van der Waals surface area contributed by atoms with Crippen molar-refractivity contribution < 1.29 is 22.3 Å². The van der Waals surface area contributed by atoms with E-state index in [-0.39, 0.29) is 17.7 Å². The molecule has 0 bridgehead atoms. The van der Waals surface area contributed by atoms with E-state index in [4.69, 9.17) is 9.40 Å². The molecular formula is C22H21F3N6O2. The van der Waals surface area contributed by atoms with Gasteiger partial charge >= 0.3 is 6.36 Å². The zero-order valence-corrected chi connectivity index (χ0v) is 18.0. The van der Waals surface area contributed by atoms with E-state index >= 15 is 0 Å². The van der Waals surface area contributed by atoms with Crippen LogP contribution in [0.5, 0.6) is 5.75 Å². The molecule has 2 atom stereocenters. The maximum atomic E-state index is 12.6. The highest BCUT2D eigenvalue weighted by Crippen LogP contribution is 2.36. The normalized spacial score (nSPS) is 19.2. The third-order valence-corrected chi connectivity index (χ3v) is 5.74. The summed E-state index contributed by atoms with van der Waals surface area (Å²) in [6.07, 6.45) is 0.162. The molecule has 1 aliphatic rings. The van der Waals surface area contributed by atoms with Crippen molar-refractivity contribution in [1.82, 2.24) is 25.0 Å². The van der Waals surface area contributed by atoms with Gasteiger partial charge in [0.15, 0.2) is 17.3 Å². The second-order valence-electron chi connectivity index (χ2n) is 8.12. The molecule has 0 radical (unpaired) electrons. The second kappa shape index (κ2) is 8.05. The third kappa shape index (κ3) is 4.35. The molecule has 1 aromatic carbocycles. The lowest BCUT2D eigenvalue weighted by molar-refractivity contribution is -0.274. The van der Waals surface area contributed by atoms with Crippen LogP contribution in [0, 0.1) is 6.92 Å². The standard InChI is InChI=1S/C22H21F3N6O2/c1-13-3-7-18(31-26-9-10-27-31)20(28-13)30-12-15(5-4-14(30)2)21-29-17-11-16(33-22(23,24)25)6-8-19(17)32-21/h3,6-11,14-15H,4-5,12H2,1-2H3/t14-,15-/m1/s1. The Morgan fingerprint density at radius 1 is 1.06 bits per heavy atom. The third-order valence-electron chi connectivity index (χ3n) is 5.74. The molecule has 1 saturated heterocycles. The van der Waals surface area contributed by atoms with Crippen LogP contribution in [0.2, 0.25) is 0 Å². The van der Waals surface area contributed by atoms with Crippen LogP contribution in [0.3, 0.4) is 0 Å². The first-order valence-electron chi connectivity index (χ1n) is 10.5. The Hall–Kier alpha value is -3.63. The summed E-state index contributed by atoms with van der Waals surface area (Å²) in [5, 5.41) is 8.50. The lowest BCUT2D eigenvalue weighted by atomic mass is 9.93. The first kappa shape index (κ1) is 21.2. The zero-order valence-electron chi connectivity index (χ0n) is 18.0. The average molecular weight is 458 g/mol. The number of aromatic nitrogens is 5. The highest BCUT2D eigenvalue weighted by Gasteiger charge is 2.33. The van der Waals surface area contributed by atoms with Crippen LogP contribution in [0.15, 0.2) is 47.1 Å². The Bertz CT molecular complexity index is 1270. The number of rotatable bonds is 4. The number of fused-ring (bicyclic) bond motifs is 1. The number of nitrogens with zero attached hydrogens (tertiary/aromatic N) is 6. The number of halogens is 3. The van der Waals surface area contributed by atoms with Gasteiger partial charge in [-0.1, -0.05) is 0 Å². The van der Waals surface area contributed by atoms with E-state index in [2.05, 4.69) is 31.7 Å². The Balaban J connectivity index is 1.45. The molecule has 0 spiro atoms. The molecule has 4 aromatic rings. The fourth-order valence-corrected chi connectivity index (χ4v) is 4.14. The molecule has 0 N–H and O–H groups in total.